The summed E-state index contributed by atoms with van der Waals surface area (Å²) in [6, 6.07) is -2.02. The van der Waals surface area contributed by atoms with Crippen LogP contribution in [0.15, 0.2) is 0 Å². The van der Waals surface area contributed by atoms with Gasteiger partial charge in [-0.25, -0.2) is 0 Å². The van der Waals surface area contributed by atoms with Crippen molar-refractivity contribution in [1.29, 1.82) is 0 Å². The largest absolute Gasteiger partial charge is 0.480 e. The van der Waals surface area contributed by atoms with E-state index in [1.165, 1.54) is 0 Å². The molecule has 0 radical (unpaired) electrons. The van der Waals surface area contributed by atoms with Gasteiger partial charge in [0.25, 0.3) is 0 Å². The Hall–Kier alpha value is -2.40. The molecule has 0 unspecified atom stereocenters. The predicted octanol–water partition coefficient (Wildman–Crippen LogP) is -5.62. The van der Waals surface area contributed by atoms with Gasteiger partial charge in [0.2, 0.25) is 11.8 Å². The van der Waals surface area contributed by atoms with E-state index in [1.807, 2.05) is 0 Å². The molecule has 0 aromatic rings. The Morgan fingerprint density at radius 1 is 0.667 bits per heavy atom. The number of aliphatic hydroxyl groups excluding tert-OH is 4. The van der Waals surface area contributed by atoms with E-state index >= 15 is 0 Å². The maximum Gasteiger partial charge on any atom is 0.324 e. The number of hydrogen-bond donors (Lipinski definition) is 11. The van der Waals surface area contributed by atoms with Crippen LogP contribution in [0.3, 0.4) is 0 Å². The van der Waals surface area contributed by atoms with Crippen LogP contribution in [0.1, 0.15) is 12.8 Å². The van der Waals surface area contributed by atoms with Gasteiger partial charge in [0.15, 0.2) is 0 Å². The molecule has 2 amide bonds. The Morgan fingerprint density at radius 3 is 1.48 bits per heavy atom. The lowest BCUT2D eigenvalue weighted by Crippen LogP contribution is -2.59. The molecule has 0 aromatic carbocycles. The Labute approximate surface area is 190 Å². The first kappa shape index (κ1) is 30.6. The number of aliphatic carboxylic acids is 2. The van der Waals surface area contributed by atoms with Crippen LogP contribution < -0.4 is 26.6 Å². The molecule has 192 valence electrons. The van der Waals surface area contributed by atoms with Gasteiger partial charge < -0.3 is 51.9 Å². The molecule has 15 heteroatoms. The smallest absolute Gasteiger partial charge is 0.324 e. The molecule has 11 N–H and O–H groups in total. The Bertz CT molecular complexity index is 585. The molecule has 33 heavy (non-hydrogen) atoms. The van der Waals surface area contributed by atoms with Gasteiger partial charge in [0.1, 0.15) is 5.54 Å². The SMILES string of the molecule is O=C(O)CNCCNCCNC(CC(=O)NC(CO)CO)(CC(=O)NC(CO)CO)C(=O)O. The van der Waals surface area contributed by atoms with Gasteiger partial charge in [-0.3, -0.25) is 24.5 Å². The molecule has 0 spiro atoms. The lowest BCUT2D eigenvalue weighted by atomic mass is 9.89. The second-order valence-corrected chi connectivity index (χ2v) is 7.25. The highest BCUT2D eigenvalue weighted by Crippen LogP contribution is 2.17. The van der Waals surface area contributed by atoms with Crippen molar-refractivity contribution in [1.82, 2.24) is 26.6 Å². The van der Waals surface area contributed by atoms with Crippen molar-refractivity contribution in [2.75, 3.05) is 59.2 Å². The molecule has 15 nitrogen and oxygen atoms in total. The van der Waals surface area contributed by atoms with E-state index < -0.39 is 80.6 Å². The number of carbonyl (C=O) groups excluding carboxylic acids is 2. The van der Waals surface area contributed by atoms with Crippen LogP contribution in [0.4, 0.5) is 0 Å². The van der Waals surface area contributed by atoms with Crippen LogP contribution >= 0.6 is 0 Å². The van der Waals surface area contributed by atoms with Crippen molar-refractivity contribution < 1.29 is 49.8 Å². The molecule has 0 bridgehead atoms. The molecule has 0 saturated carbocycles. The fourth-order valence-electron chi connectivity index (χ4n) is 2.71. The first-order chi connectivity index (χ1) is 15.6. The summed E-state index contributed by atoms with van der Waals surface area (Å²) in [6.07, 6.45) is -1.43. The van der Waals surface area contributed by atoms with Gasteiger partial charge >= 0.3 is 11.9 Å². The highest BCUT2D eigenvalue weighted by Gasteiger charge is 2.42. The third-order valence-electron chi connectivity index (χ3n) is 4.47. The molecule has 0 heterocycles. The van der Waals surface area contributed by atoms with Gasteiger partial charge in [-0.05, 0) is 0 Å². The molecule has 0 aliphatic rings. The quantitative estimate of drug-likeness (QED) is 0.0726. The third-order valence-corrected chi connectivity index (χ3v) is 4.47. The summed E-state index contributed by atoms with van der Waals surface area (Å²) in [5.74, 6) is -4.19. The Balaban J connectivity index is 5.15. The summed E-state index contributed by atoms with van der Waals surface area (Å²) in [5, 5.41) is 67.6. The van der Waals surface area contributed by atoms with Crippen molar-refractivity contribution >= 4 is 23.8 Å². The molecular weight excluding hydrogens is 446 g/mol. The van der Waals surface area contributed by atoms with Gasteiger partial charge in [-0.2, -0.15) is 0 Å². The summed E-state index contributed by atoms with van der Waals surface area (Å²) < 4.78 is 0. The van der Waals surface area contributed by atoms with E-state index in [2.05, 4.69) is 26.6 Å². The molecule has 0 rings (SSSR count). The number of rotatable bonds is 20. The van der Waals surface area contributed by atoms with Crippen LogP contribution in [0, 0.1) is 0 Å². The lowest BCUT2D eigenvalue weighted by molar-refractivity contribution is -0.150. The van der Waals surface area contributed by atoms with Gasteiger partial charge in [0.05, 0.1) is 57.9 Å². The van der Waals surface area contributed by atoms with E-state index in [-0.39, 0.29) is 19.6 Å². The summed E-state index contributed by atoms with van der Waals surface area (Å²) in [6.45, 7) is -1.58. The lowest BCUT2D eigenvalue weighted by Gasteiger charge is -2.31. The van der Waals surface area contributed by atoms with Gasteiger partial charge in [-0.1, -0.05) is 0 Å². The zero-order valence-electron chi connectivity index (χ0n) is 18.2. The van der Waals surface area contributed by atoms with Crippen molar-refractivity contribution in [3.8, 4) is 0 Å². The van der Waals surface area contributed by atoms with Crippen molar-refractivity contribution in [3.63, 3.8) is 0 Å². The average molecular weight is 482 g/mol. The Morgan fingerprint density at radius 2 is 1.09 bits per heavy atom. The highest BCUT2D eigenvalue weighted by molar-refractivity contribution is 5.93. The zero-order valence-corrected chi connectivity index (χ0v) is 18.2. The van der Waals surface area contributed by atoms with Crippen LogP contribution in [-0.4, -0.2) is 131 Å². The van der Waals surface area contributed by atoms with Crippen molar-refractivity contribution in [3.05, 3.63) is 0 Å². The van der Waals surface area contributed by atoms with Gasteiger partial charge in [-0.15, -0.1) is 0 Å². The minimum atomic E-state index is -2.07. The normalized spacial score (nSPS) is 11.6. The molecule has 0 atom stereocenters. The number of nitrogens with one attached hydrogen (secondary N) is 5. The van der Waals surface area contributed by atoms with Gasteiger partial charge in [0, 0.05) is 26.2 Å². The van der Waals surface area contributed by atoms with Crippen LogP contribution in [0.25, 0.3) is 0 Å². The minimum Gasteiger partial charge on any atom is -0.480 e. The number of carboxylic acid groups (broad SMARTS) is 2. The predicted molar refractivity (Wildman–Crippen MR) is 113 cm³/mol. The number of hydrogen-bond acceptors (Lipinski definition) is 11. The van der Waals surface area contributed by atoms with E-state index in [1.54, 1.807) is 0 Å². The van der Waals surface area contributed by atoms with Crippen molar-refractivity contribution in [2.24, 2.45) is 0 Å². The fraction of sp³-hybridized carbons (Fsp3) is 0.778. The maximum atomic E-state index is 12.3. The minimum absolute atomic E-state index is 0.0125. The average Bonchev–Trinajstić information content (AvgIpc) is 2.76. The molecule has 0 aliphatic heterocycles. The molecular formula is C18H35N5O10. The number of carbonyl (C=O) groups is 4. The standard InChI is InChI=1S/C18H35N5O10/c24-8-12(9-25)22-14(28)5-18(17(32)33,6-15(29)23-13(10-26)11-27)21-4-3-19-1-2-20-7-16(30)31/h12-13,19-21,24-27H,1-11H2,(H,22,28)(H,23,29)(H,30,31)(H,32,33). The highest BCUT2D eigenvalue weighted by atomic mass is 16.4. The summed E-state index contributed by atoms with van der Waals surface area (Å²) in [5.41, 5.74) is -2.07. The third kappa shape index (κ3) is 13.0. The number of amides is 2. The molecule has 0 aromatic heterocycles. The zero-order chi connectivity index (χ0) is 25.3. The number of carboxylic acids is 2. The first-order valence-corrected chi connectivity index (χ1v) is 10.3. The summed E-state index contributed by atoms with van der Waals surface area (Å²) in [4.78, 5) is 47.2. The van der Waals surface area contributed by atoms with Crippen LogP contribution in [0.2, 0.25) is 0 Å². The Kier molecular flexibility index (Phi) is 15.9. The number of aliphatic hydroxyl groups is 4. The van der Waals surface area contributed by atoms with Crippen LogP contribution in [-0.2, 0) is 19.2 Å². The monoisotopic (exact) mass is 481 g/mol. The van der Waals surface area contributed by atoms with E-state index in [0.29, 0.717) is 13.1 Å². The maximum absolute atomic E-state index is 12.3. The van der Waals surface area contributed by atoms with Crippen LogP contribution in [0.5, 0.6) is 0 Å². The second kappa shape index (κ2) is 17.1. The molecule has 0 fully saturated rings. The van der Waals surface area contributed by atoms with E-state index in [0.717, 1.165) is 0 Å². The second-order valence-electron chi connectivity index (χ2n) is 7.25. The fourth-order valence-corrected chi connectivity index (χ4v) is 2.71. The van der Waals surface area contributed by atoms with Crippen molar-refractivity contribution in [2.45, 2.75) is 30.5 Å². The summed E-state index contributed by atoms with van der Waals surface area (Å²) >= 11 is 0. The first-order valence-electron chi connectivity index (χ1n) is 10.3. The molecule has 0 aliphatic carbocycles. The van der Waals surface area contributed by atoms with E-state index in [9.17, 15) is 24.3 Å². The molecule has 0 saturated heterocycles. The summed E-state index contributed by atoms with van der Waals surface area (Å²) in [7, 11) is 0. The van der Waals surface area contributed by atoms with E-state index in [4.69, 9.17) is 25.5 Å². The topological polar surface area (TPSA) is 250 Å².